The number of hydrogen-bond donors (Lipinski definition) is 1. The van der Waals surface area contributed by atoms with Gasteiger partial charge in [0.1, 0.15) is 11.5 Å². The third kappa shape index (κ3) is 4.05. The highest BCUT2D eigenvalue weighted by molar-refractivity contribution is 5.34. The van der Waals surface area contributed by atoms with Gasteiger partial charge in [0.15, 0.2) is 0 Å². The molecule has 3 heteroatoms. The fourth-order valence-corrected chi connectivity index (χ4v) is 4.37. The third-order valence-corrected chi connectivity index (χ3v) is 5.59. The summed E-state index contributed by atoms with van der Waals surface area (Å²) in [6.07, 6.45) is 5.53. The molecule has 1 saturated heterocycles. The molecular weight excluding hydrogens is 308 g/mol. The minimum absolute atomic E-state index is 0.565. The molecule has 132 valence electrons. The van der Waals surface area contributed by atoms with E-state index in [-0.39, 0.29) is 0 Å². The Hall–Kier alpha value is -1.84. The monoisotopic (exact) mass is 336 g/mol. The van der Waals surface area contributed by atoms with Crippen LogP contribution < -0.4 is 10.1 Å². The summed E-state index contributed by atoms with van der Waals surface area (Å²) >= 11 is 0. The molecule has 0 aromatic heterocycles. The maximum Gasteiger partial charge on any atom is 0.127 e. The van der Waals surface area contributed by atoms with E-state index >= 15 is 0 Å². The molecule has 1 atom stereocenters. The van der Waals surface area contributed by atoms with Crippen LogP contribution in [0, 0.1) is 5.92 Å². The van der Waals surface area contributed by atoms with Crippen LogP contribution in [0.4, 0.5) is 0 Å². The predicted molar refractivity (Wildman–Crippen MR) is 102 cm³/mol. The molecule has 2 aromatic rings. The molecule has 1 N–H and O–H groups in total. The van der Waals surface area contributed by atoms with Crippen LogP contribution in [0.1, 0.15) is 37.3 Å². The number of hydrogen-bond acceptors (Lipinski definition) is 3. The number of ether oxygens (including phenoxy) is 1. The van der Waals surface area contributed by atoms with Crippen molar-refractivity contribution in [1.82, 2.24) is 10.2 Å². The standard InChI is InChI=1S/C22H28N2O/c1-2-8-20(9-3-1)25-21-12-10-19(11-13-21)22(18-6-4-5-7-18)24-16-14-23-15-17-24/h1-3,8-13,18,22-23H,4-7,14-17H2/t22-/m0/s1. The Morgan fingerprint density at radius 1 is 0.840 bits per heavy atom. The third-order valence-electron chi connectivity index (χ3n) is 5.59. The highest BCUT2D eigenvalue weighted by Crippen LogP contribution is 2.40. The Bertz CT molecular complexity index is 643. The van der Waals surface area contributed by atoms with E-state index in [1.54, 1.807) is 0 Å². The van der Waals surface area contributed by atoms with Crippen LogP contribution in [0.5, 0.6) is 11.5 Å². The maximum absolute atomic E-state index is 5.96. The van der Waals surface area contributed by atoms with Crippen LogP contribution in [-0.2, 0) is 0 Å². The van der Waals surface area contributed by atoms with Gasteiger partial charge in [0.05, 0.1) is 0 Å². The summed E-state index contributed by atoms with van der Waals surface area (Å²) < 4.78 is 5.96. The zero-order valence-electron chi connectivity index (χ0n) is 14.9. The van der Waals surface area contributed by atoms with Crippen LogP contribution >= 0.6 is 0 Å². The molecule has 0 bridgehead atoms. The molecule has 4 rings (SSSR count). The number of piperazine rings is 1. The topological polar surface area (TPSA) is 24.5 Å². The Labute approximate surface area is 151 Å². The Kier molecular flexibility index (Phi) is 5.34. The van der Waals surface area contributed by atoms with Gasteiger partial charge < -0.3 is 10.1 Å². The molecule has 0 amide bonds. The van der Waals surface area contributed by atoms with Gasteiger partial charge in [-0.05, 0) is 48.6 Å². The second-order valence-electron chi connectivity index (χ2n) is 7.26. The van der Waals surface area contributed by atoms with Gasteiger partial charge in [0.2, 0.25) is 0 Å². The Morgan fingerprint density at radius 3 is 2.16 bits per heavy atom. The van der Waals surface area contributed by atoms with Crippen molar-refractivity contribution in [2.24, 2.45) is 5.92 Å². The quantitative estimate of drug-likeness (QED) is 0.862. The van der Waals surface area contributed by atoms with Gasteiger partial charge in [0, 0.05) is 32.2 Å². The van der Waals surface area contributed by atoms with Crippen molar-refractivity contribution >= 4 is 0 Å². The van der Waals surface area contributed by atoms with E-state index in [9.17, 15) is 0 Å². The minimum atomic E-state index is 0.565. The first-order valence-corrected chi connectivity index (χ1v) is 9.68. The fraction of sp³-hybridized carbons (Fsp3) is 0.455. The molecule has 1 aliphatic heterocycles. The summed E-state index contributed by atoms with van der Waals surface area (Å²) in [5.74, 6) is 2.61. The van der Waals surface area contributed by atoms with E-state index in [2.05, 4.69) is 34.5 Å². The van der Waals surface area contributed by atoms with Crippen LogP contribution in [0.2, 0.25) is 0 Å². The lowest BCUT2D eigenvalue weighted by molar-refractivity contribution is 0.125. The molecule has 1 aliphatic carbocycles. The van der Waals surface area contributed by atoms with Gasteiger partial charge in [0.25, 0.3) is 0 Å². The summed E-state index contributed by atoms with van der Waals surface area (Å²) in [7, 11) is 0. The number of benzene rings is 2. The highest BCUT2D eigenvalue weighted by Gasteiger charge is 2.31. The van der Waals surface area contributed by atoms with Crippen LogP contribution in [0.25, 0.3) is 0 Å². The van der Waals surface area contributed by atoms with Crippen molar-refractivity contribution in [3.63, 3.8) is 0 Å². The molecule has 1 heterocycles. The number of nitrogens with zero attached hydrogens (tertiary/aromatic N) is 1. The first-order chi connectivity index (χ1) is 12.4. The van der Waals surface area contributed by atoms with Gasteiger partial charge in [-0.2, -0.15) is 0 Å². The zero-order valence-corrected chi connectivity index (χ0v) is 14.9. The maximum atomic E-state index is 5.96. The molecule has 0 spiro atoms. The minimum Gasteiger partial charge on any atom is -0.457 e. The summed E-state index contributed by atoms with van der Waals surface area (Å²) in [4.78, 5) is 2.69. The van der Waals surface area contributed by atoms with Crippen molar-refractivity contribution in [2.75, 3.05) is 26.2 Å². The van der Waals surface area contributed by atoms with Crippen molar-refractivity contribution in [1.29, 1.82) is 0 Å². The van der Waals surface area contributed by atoms with E-state index in [1.165, 1.54) is 31.2 Å². The lowest BCUT2D eigenvalue weighted by atomic mass is 9.89. The van der Waals surface area contributed by atoms with Gasteiger partial charge in [-0.25, -0.2) is 0 Å². The van der Waals surface area contributed by atoms with Gasteiger partial charge in [-0.1, -0.05) is 43.2 Å². The number of nitrogens with one attached hydrogen (secondary N) is 1. The predicted octanol–water partition coefficient (Wildman–Crippen LogP) is 4.62. The van der Waals surface area contributed by atoms with Crippen LogP contribution in [0.3, 0.4) is 0 Å². The Morgan fingerprint density at radius 2 is 1.48 bits per heavy atom. The van der Waals surface area contributed by atoms with E-state index < -0.39 is 0 Å². The lowest BCUT2D eigenvalue weighted by Gasteiger charge is -2.38. The van der Waals surface area contributed by atoms with Gasteiger partial charge >= 0.3 is 0 Å². The largest absolute Gasteiger partial charge is 0.457 e. The first-order valence-electron chi connectivity index (χ1n) is 9.68. The summed E-state index contributed by atoms with van der Waals surface area (Å²) in [5.41, 5.74) is 1.45. The zero-order chi connectivity index (χ0) is 16.9. The van der Waals surface area contributed by atoms with Gasteiger partial charge in [-0.15, -0.1) is 0 Å². The normalized spacial score (nSPS) is 20.5. The van der Waals surface area contributed by atoms with Gasteiger partial charge in [-0.3, -0.25) is 4.90 Å². The molecule has 2 aromatic carbocycles. The summed E-state index contributed by atoms with van der Waals surface area (Å²) in [5, 5.41) is 3.49. The molecule has 25 heavy (non-hydrogen) atoms. The molecular formula is C22H28N2O. The summed E-state index contributed by atoms with van der Waals surface area (Å²) in [6, 6.07) is 19.4. The molecule has 0 radical (unpaired) electrons. The number of para-hydroxylation sites is 1. The van der Waals surface area contributed by atoms with Crippen LogP contribution in [0.15, 0.2) is 54.6 Å². The van der Waals surface area contributed by atoms with E-state index in [0.717, 1.165) is 43.6 Å². The van der Waals surface area contributed by atoms with Crippen molar-refractivity contribution < 1.29 is 4.74 Å². The van der Waals surface area contributed by atoms with Crippen LogP contribution in [-0.4, -0.2) is 31.1 Å². The van der Waals surface area contributed by atoms with Crippen molar-refractivity contribution in [3.8, 4) is 11.5 Å². The molecule has 2 fully saturated rings. The SMILES string of the molecule is c1ccc(Oc2ccc([C@H](C3CCCC3)N3CCNCC3)cc2)cc1. The highest BCUT2D eigenvalue weighted by atomic mass is 16.5. The fourth-order valence-electron chi connectivity index (χ4n) is 4.37. The van der Waals surface area contributed by atoms with Crippen molar-refractivity contribution in [2.45, 2.75) is 31.7 Å². The smallest absolute Gasteiger partial charge is 0.127 e. The average Bonchev–Trinajstić information content (AvgIpc) is 3.19. The molecule has 1 saturated carbocycles. The van der Waals surface area contributed by atoms with E-state index in [1.807, 2.05) is 30.3 Å². The first kappa shape index (κ1) is 16.6. The molecule has 3 nitrogen and oxygen atoms in total. The second kappa shape index (κ2) is 8.03. The average molecular weight is 336 g/mol. The Balaban J connectivity index is 1.52. The lowest BCUT2D eigenvalue weighted by Crippen LogP contribution is -2.46. The van der Waals surface area contributed by atoms with E-state index in [0.29, 0.717) is 6.04 Å². The number of rotatable bonds is 5. The van der Waals surface area contributed by atoms with E-state index in [4.69, 9.17) is 4.74 Å². The second-order valence-corrected chi connectivity index (χ2v) is 7.26. The molecule has 0 unspecified atom stereocenters. The van der Waals surface area contributed by atoms with Crippen molar-refractivity contribution in [3.05, 3.63) is 60.2 Å². The summed E-state index contributed by atoms with van der Waals surface area (Å²) in [6.45, 7) is 4.53. The molecule has 2 aliphatic rings.